The largest absolute Gasteiger partial charge is 0.350 e. The summed E-state index contributed by atoms with van der Waals surface area (Å²) in [7, 11) is 5.60. The molecule has 1 aromatic carbocycles. The molecule has 1 aliphatic rings. The van der Waals surface area contributed by atoms with Crippen LogP contribution in [-0.2, 0) is 5.54 Å². The van der Waals surface area contributed by atoms with E-state index in [4.69, 9.17) is 25.3 Å². The molecule has 16 heavy (non-hydrogen) atoms. The van der Waals surface area contributed by atoms with Crippen LogP contribution in [0.15, 0.2) is 18.2 Å². The normalized spacial score (nSPS) is 18.3. The van der Waals surface area contributed by atoms with E-state index in [1.54, 1.807) is 4.81 Å². The van der Waals surface area contributed by atoms with Crippen LogP contribution in [0, 0.1) is 6.92 Å². The number of rotatable bonds is 1. The lowest BCUT2D eigenvalue weighted by Crippen LogP contribution is -2.63. The highest BCUT2D eigenvalue weighted by Gasteiger charge is 2.39. The molecule has 0 bridgehead atoms. The van der Waals surface area contributed by atoms with E-state index in [1.165, 1.54) is 0 Å². The van der Waals surface area contributed by atoms with Crippen molar-refractivity contribution in [2.45, 2.75) is 26.3 Å². The van der Waals surface area contributed by atoms with Crippen molar-refractivity contribution in [2.24, 2.45) is 5.73 Å². The summed E-state index contributed by atoms with van der Waals surface area (Å²) >= 11 is 6.04. The van der Waals surface area contributed by atoms with Gasteiger partial charge in [0.25, 0.3) is 0 Å². The minimum absolute atomic E-state index is 0.316. The fourth-order valence-corrected chi connectivity index (χ4v) is 2.17. The highest BCUT2D eigenvalue weighted by atomic mass is 35.5. The Morgan fingerprint density at radius 2 is 1.94 bits per heavy atom. The Morgan fingerprint density at radius 1 is 1.38 bits per heavy atom. The van der Waals surface area contributed by atoms with Gasteiger partial charge in [-0.05, 0) is 24.1 Å². The minimum atomic E-state index is -0.316. The van der Waals surface area contributed by atoms with Crippen LogP contribution in [0.3, 0.4) is 0 Å². The molecule has 1 fully saturated rings. The summed E-state index contributed by atoms with van der Waals surface area (Å²) < 4.78 is 0. The summed E-state index contributed by atoms with van der Waals surface area (Å²) in [5, 5.41) is 0.766. The Balaban J connectivity index is 0.000000606. The van der Waals surface area contributed by atoms with Crippen LogP contribution in [0.1, 0.15) is 25.0 Å². The van der Waals surface area contributed by atoms with Gasteiger partial charge in [-0.2, -0.15) is 0 Å². The first-order chi connectivity index (χ1) is 7.53. The van der Waals surface area contributed by atoms with Gasteiger partial charge in [-0.15, -0.1) is 0 Å². The maximum atomic E-state index is 6.20. The Labute approximate surface area is 104 Å². The lowest BCUT2D eigenvalue weighted by molar-refractivity contribution is 0.163. The zero-order valence-corrected chi connectivity index (χ0v) is 10.9. The fourth-order valence-electron chi connectivity index (χ4n) is 2.00. The van der Waals surface area contributed by atoms with Gasteiger partial charge in [-0.25, -0.2) is 0 Å². The Kier molecular flexibility index (Phi) is 4.42. The molecule has 0 aromatic heterocycles. The molecule has 2 radical (unpaired) electrons. The molecule has 2 rings (SSSR count). The average Bonchev–Trinajstić information content (AvgIpc) is 2.23. The summed E-state index contributed by atoms with van der Waals surface area (Å²) in [6.45, 7) is 7.37. The van der Waals surface area contributed by atoms with Crippen molar-refractivity contribution >= 4 is 19.6 Å². The quantitative estimate of drug-likeness (QED) is 0.758. The second-order valence-corrected chi connectivity index (χ2v) is 4.38. The van der Waals surface area contributed by atoms with Gasteiger partial charge in [0.15, 0.2) is 7.98 Å². The van der Waals surface area contributed by atoms with Crippen molar-refractivity contribution < 1.29 is 0 Å². The Bertz CT molecular complexity index is 362. The van der Waals surface area contributed by atoms with Crippen molar-refractivity contribution in [3.8, 4) is 0 Å². The molecule has 0 amide bonds. The molecule has 0 unspecified atom stereocenters. The maximum absolute atomic E-state index is 6.20. The fraction of sp³-hybridized carbons (Fsp3) is 0.500. The van der Waals surface area contributed by atoms with Crippen LogP contribution >= 0.6 is 11.6 Å². The molecule has 4 heteroatoms. The van der Waals surface area contributed by atoms with E-state index in [0.29, 0.717) is 13.1 Å². The minimum Gasteiger partial charge on any atom is -0.350 e. The molecule has 0 saturated carbocycles. The lowest BCUT2D eigenvalue weighted by Gasteiger charge is -2.47. The van der Waals surface area contributed by atoms with Crippen molar-refractivity contribution in [3.05, 3.63) is 34.3 Å². The third-order valence-corrected chi connectivity index (χ3v) is 3.18. The predicted octanol–water partition coefficient (Wildman–Crippen LogP) is 2.23. The maximum Gasteiger partial charge on any atom is 0.182 e. The van der Waals surface area contributed by atoms with E-state index in [0.717, 1.165) is 16.1 Å². The van der Waals surface area contributed by atoms with E-state index >= 15 is 0 Å². The Morgan fingerprint density at radius 3 is 2.44 bits per heavy atom. The summed E-state index contributed by atoms with van der Waals surface area (Å²) in [4.78, 5) is 1.71. The van der Waals surface area contributed by atoms with Crippen LogP contribution in [0.25, 0.3) is 0 Å². The molecular weight excluding hydrogens is 218 g/mol. The molecule has 2 N–H and O–H groups in total. The highest BCUT2D eigenvalue weighted by molar-refractivity contribution is 6.31. The van der Waals surface area contributed by atoms with Gasteiger partial charge in [0, 0.05) is 18.1 Å². The summed E-state index contributed by atoms with van der Waals surface area (Å²) in [6.07, 6.45) is 0. The second kappa shape index (κ2) is 5.22. The topological polar surface area (TPSA) is 29.3 Å². The lowest BCUT2D eigenvalue weighted by atomic mass is 9.79. The highest BCUT2D eigenvalue weighted by Crippen LogP contribution is 2.32. The number of nitrogens with zero attached hydrogens (tertiary/aromatic N) is 1. The number of halogens is 1. The summed E-state index contributed by atoms with van der Waals surface area (Å²) in [5.74, 6) is 0. The van der Waals surface area contributed by atoms with E-state index in [9.17, 15) is 0 Å². The van der Waals surface area contributed by atoms with Crippen molar-refractivity contribution in [1.29, 1.82) is 0 Å². The third kappa shape index (κ3) is 2.42. The summed E-state index contributed by atoms with van der Waals surface area (Å²) in [6, 6.07) is 5.83. The molecule has 0 atom stereocenters. The monoisotopic (exact) mass is 236 g/mol. The first-order valence-electron chi connectivity index (χ1n) is 5.57. The molecular formula is C12H18BClN2. The van der Waals surface area contributed by atoms with Gasteiger partial charge in [0.2, 0.25) is 0 Å². The van der Waals surface area contributed by atoms with Crippen LogP contribution in [0.2, 0.25) is 5.02 Å². The molecule has 0 aliphatic carbocycles. The van der Waals surface area contributed by atoms with Gasteiger partial charge >= 0.3 is 0 Å². The number of hydrogen-bond acceptors (Lipinski definition) is 2. The smallest absolute Gasteiger partial charge is 0.182 e. The van der Waals surface area contributed by atoms with Crippen LogP contribution in [0.5, 0.6) is 0 Å². The first-order valence-corrected chi connectivity index (χ1v) is 5.95. The van der Waals surface area contributed by atoms with Crippen molar-refractivity contribution in [3.63, 3.8) is 0 Å². The molecule has 1 aliphatic heterocycles. The van der Waals surface area contributed by atoms with Crippen LogP contribution in [0.4, 0.5) is 0 Å². The zero-order valence-electron chi connectivity index (χ0n) is 10.1. The van der Waals surface area contributed by atoms with Crippen LogP contribution in [-0.4, -0.2) is 25.9 Å². The zero-order chi connectivity index (χ0) is 12.3. The van der Waals surface area contributed by atoms with Gasteiger partial charge < -0.3 is 10.5 Å². The van der Waals surface area contributed by atoms with E-state index in [2.05, 4.69) is 0 Å². The predicted molar refractivity (Wildman–Crippen MR) is 70.7 cm³/mol. The van der Waals surface area contributed by atoms with Gasteiger partial charge in [0.05, 0.1) is 5.54 Å². The second-order valence-electron chi connectivity index (χ2n) is 3.97. The average molecular weight is 237 g/mol. The van der Waals surface area contributed by atoms with E-state index < -0.39 is 0 Å². The number of benzene rings is 1. The number of hydrogen-bond donors (Lipinski definition) is 1. The van der Waals surface area contributed by atoms with Gasteiger partial charge in [0.1, 0.15) is 0 Å². The van der Waals surface area contributed by atoms with Crippen molar-refractivity contribution in [2.75, 3.05) is 13.1 Å². The SMILES string of the molecule is CC.[B]N1CC(N)(c2cccc(Cl)c2C)C1. The van der Waals surface area contributed by atoms with Crippen molar-refractivity contribution in [1.82, 2.24) is 4.81 Å². The Hall–Kier alpha value is -0.505. The first kappa shape index (κ1) is 13.6. The van der Waals surface area contributed by atoms with Gasteiger partial charge in [-0.3, -0.25) is 0 Å². The molecule has 1 aromatic rings. The third-order valence-electron chi connectivity index (χ3n) is 2.77. The number of nitrogens with two attached hydrogens (primary N) is 1. The molecule has 0 spiro atoms. The molecule has 86 valence electrons. The van der Waals surface area contributed by atoms with E-state index in [-0.39, 0.29) is 5.54 Å². The van der Waals surface area contributed by atoms with E-state index in [1.807, 2.05) is 39.0 Å². The molecule has 1 saturated heterocycles. The molecule has 2 nitrogen and oxygen atoms in total. The molecule has 1 heterocycles. The van der Waals surface area contributed by atoms with Crippen LogP contribution < -0.4 is 5.73 Å². The standard InChI is InChI=1S/C10H12BClN2.C2H6/c1-7-8(3-2-4-9(7)12)10(13)5-14(11)6-10;1-2/h2-4H,5-6,13H2,1H3;1-2H3. The summed E-state index contributed by atoms with van der Waals surface area (Å²) in [5.41, 5.74) is 8.05. The van der Waals surface area contributed by atoms with Gasteiger partial charge in [-0.1, -0.05) is 37.6 Å².